The van der Waals surface area contributed by atoms with Crippen molar-refractivity contribution in [2.75, 3.05) is 0 Å². The molecule has 1 heterocycles. The van der Waals surface area contributed by atoms with Gasteiger partial charge in [-0.3, -0.25) is 4.98 Å². The van der Waals surface area contributed by atoms with Crippen LogP contribution in [0.5, 0.6) is 0 Å². The molecule has 0 saturated heterocycles. The molecule has 1 aliphatic rings. The number of allylic oxidation sites excluding steroid dienone is 1. The van der Waals surface area contributed by atoms with E-state index in [2.05, 4.69) is 43.1 Å². The van der Waals surface area contributed by atoms with Crippen molar-refractivity contribution < 1.29 is 0 Å². The van der Waals surface area contributed by atoms with Crippen molar-refractivity contribution in [3.05, 3.63) is 59.9 Å². The molecule has 0 radical (unpaired) electrons. The molecule has 0 N–H and O–H groups in total. The quantitative estimate of drug-likeness (QED) is 0.727. The summed E-state index contributed by atoms with van der Waals surface area (Å²) in [4.78, 5) is 4.56. The second-order valence-corrected chi connectivity index (χ2v) is 6.92. The lowest BCUT2D eigenvalue weighted by Gasteiger charge is -2.32. The number of benzene rings is 1. The largest absolute Gasteiger partial charge is 0.256 e. The Labute approximate surface area is 144 Å². The van der Waals surface area contributed by atoms with Gasteiger partial charge < -0.3 is 0 Å². The van der Waals surface area contributed by atoms with Gasteiger partial charge >= 0.3 is 0 Å². The van der Waals surface area contributed by atoms with Crippen LogP contribution < -0.4 is 0 Å². The number of aromatic nitrogens is 1. The van der Waals surface area contributed by atoms with Gasteiger partial charge in [0.15, 0.2) is 0 Å². The van der Waals surface area contributed by atoms with Gasteiger partial charge in [-0.25, -0.2) is 0 Å². The van der Waals surface area contributed by atoms with Gasteiger partial charge in [0.05, 0.1) is 17.3 Å². The number of nitrogens with zero attached hydrogens (tertiary/aromatic N) is 2. The lowest BCUT2D eigenvalue weighted by Crippen LogP contribution is -2.22. The van der Waals surface area contributed by atoms with Gasteiger partial charge in [0.2, 0.25) is 0 Å². The van der Waals surface area contributed by atoms with Crippen molar-refractivity contribution in [1.82, 2.24) is 4.98 Å². The molecule has 1 aliphatic carbocycles. The maximum Gasteiger partial charge on any atom is 0.0998 e. The van der Waals surface area contributed by atoms with Gasteiger partial charge in [-0.15, -0.1) is 0 Å². The van der Waals surface area contributed by atoms with Crippen molar-refractivity contribution >= 4 is 6.08 Å². The topological polar surface area (TPSA) is 36.7 Å². The molecule has 3 rings (SSSR count). The first-order chi connectivity index (χ1) is 11.7. The van der Waals surface area contributed by atoms with Crippen LogP contribution in [0.25, 0.3) is 17.2 Å². The Balaban J connectivity index is 1.75. The Hall–Kier alpha value is -2.40. The van der Waals surface area contributed by atoms with E-state index in [4.69, 9.17) is 0 Å². The first-order valence-corrected chi connectivity index (χ1v) is 8.83. The average Bonchev–Trinajstić information content (AvgIpc) is 2.63. The van der Waals surface area contributed by atoms with Gasteiger partial charge in [0.1, 0.15) is 0 Å². The van der Waals surface area contributed by atoms with Crippen LogP contribution in [0.15, 0.2) is 48.7 Å². The first kappa shape index (κ1) is 16.5. The lowest BCUT2D eigenvalue weighted by atomic mass is 9.74. The van der Waals surface area contributed by atoms with Crippen molar-refractivity contribution in [2.24, 2.45) is 17.8 Å². The fraction of sp³-hybridized carbons (Fsp3) is 0.364. The number of pyridine rings is 1. The molecule has 2 aromatic rings. The summed E-state index contributed by atoms with van der Waals surface area (Å²) in [5.41, 5.74) is 3.60. The highest BCUT2D eigenvalue weighted by molar-refractivity contribution is 5.70. The maximum absolute atomic E-state index is 9.23. The molecule has 2 heteroatoms. The summed E-state index contributed by atoms with van der Waals surface area (Å²) in [6.07, 6.45) is 10.3. The first-order valence-electron chi connectivity index (χ1n) is 8.83. The predicted molar refractivity (Wildman–Crippen MR) is 99.1 cm³/mol. The van der Waals surface area contributed by atoms with E-state index in [1.165, 1.54) is 19.3 Å². The Bertz CT molecular complexity index is 752. The molecule has 1 aromatic carbocycles. The monoisotopic (exact) mass is 316 g/mol. The Morgan fingerprint density at radius 1 is 1.12 bits per heavy atom. The summed E-state index contributed by atoms with van der Waals surface area (Å²) in [7, 11) is 0. The van der Waals surface area contributed by atoms with Crippen LogP contribution in [0, 0.1) is 29.1 Å². The van der Waals surface area contributed by atoms with Crippen LogP contribution in [-0.4, -0.2) is 4.98 Å². The van der Waals surface area contributed by atoms with Crippen LogP contribution in [0.3, 0.4) is 0 Å². The van der Waals surface area contributed by atoms with Gasteiger partial charge in [0.25, 0.3) is 0 Å². The molecule has 3 atom stereocenters. The molecule has 2 nitrogen and oxygen atoms in total. The fourth-order valence-electron chi connectivity index (χ4n) is 3.61. The minimum absolute atomic E-state index is 0.662. The predicted octanol–water partition coefficient (Wildman–Crippen LogP) is 5.71. The summed E-state index contributed by atoms with van der Waals surface area (Å²) < 4.78 is 0. The Kier molecular flexibility index (Phi) is 5.11. The van der Waals surface area contributed by atoms with E-state index in [9.17, 15) is 5.26 Å². The molecule has 1 aromatic heterocycles. The zero-order valence-corrected chi connectivity index (χ0v) is 14.4. The normalized spacial score (nSPS) is 24.0. The maximum atomic E-state index is 9.23. The van der Waals surface area contributed by atoms with Crippen LogP contribution >= 0.6 is 0 Å². The van der Waals surface area contributed by atoms with Gasteiger partial charge in [0, 0.05) is 17.3 Å². The second kappa shape index (κ2) is 7.45. The summed E-state index contributed by atoms with van der Waals surface area (Å²) in [5.74, 6) is 2.22. The summed E-state index contributed by atoms with van der Waals surface area (Å²) in [6, 6.07) is 14.0. The molecule has 1 saturated carbocycles. The molecule has 0 spiro atoms. The fourth-order valence-corrected chi connectivity index (χ4v) is 3.61. The highest BCUT2D eigenvalue weighted by atomic mass is 14.7. The van der Waals surface area contributed by atoms with E-state index >= 15 is 0 Å². The Morgan fingerprint density at radius 2 is 1.96 bits per heavy atom. The molecule has 0 aliphatic heterocycles. The summed E-state index contributed by atoms with van der Waals surface area (Å²) in [5, 5.41) is 9.23. The van der Waals surface area contributed by atoms with E-state index in [0.29, 0.717) is 11.5 Å². The number of hydrogen-bond donors (Lipinski definition) is 0. The summed E-state index contributed by atoms with van der Waals surface area (Å²) in [6.45, 7) is 4.73. The minimum Gasteiger partial charge on any atom is -0.256 e. The number of rotatable bonds is 3. The average molecular weight is 316 g/mol. The van der Waals surface area contributed by atoms with Crippen LogP contribution in [-0.2, 0) is 0 Å². The number of nitriles is 1. The van der Waals surface area contributed by atoms with Crippen molar-refractivity contribution in [3.8, 4) is 17.2 Å². The summed E-state index contributed by atoms with van der Waals surface area (Å²) >= 11 is 0. The van der Waals surface area contributed by atoms with Gasteiger partial charge in [-0.05, 0) is 42.4 Å². The molecule has 0 amide bonds. The van der Waals surface area contributed by atoms with E-state index in [-0.39, 0.29) is 0 Å². The van der Waals surface area contributed by atoms with Crippen molar-refractivity contribution in [2.45, 2.75) is 33.1 Å². The molecule has 24 heavy (non-hydrogen) atoms. The third kappa shape index (κ3) is 3.57. The van der Waals surface area contributed by atoms with Gasteiger partial charge in [-0.2, -0.15) is 5.26 Å². The third-order valence-electron chi connectivity index (χ3n) is 5.43. The van der Waals surface area contributed by atoms with E-state index in [1.807, 2.05) is 36.5 Å². The molecular formula is C22H24N2. The highest BCUT2D eigenvalue weighted by Gasteiger charge is 2.24. The standard InChI is InChI=1S/C22H24N2/c1-16-6-5-8-18(17(16)2)10-12-21-13-11-20(15-24-21)22-9-4-3-7-19(22)14-23/h3-4,7,9-13,15-18H,5-6,8H2,1-2H3/b12-10+/t16-,17+,18-/m0/s1. The smallest absolute Gasteiger partial charge is 0.0998 e. The van der Waals surface area contributed by atoms with Crippen LogP contribution in [0.2, 0.25) is 0 Å². The number of hydrogen-bond acceptors (Lipinski definition) is 2. The molecule has 122 valence electrons. The van der Waals surface area contributed by atoms with Crippen LogP contribution in [0.4, 0.5) is 0 Å². The SMILES string of the molecule is C[C@H]1[C@H](/C=C/c2ccc(-c3ccccc3C#N)cn2)CCC[C@@H]1C. The molecule has 1 fully saturated rings. The highest BCUT2D eigenvalue weighted by Crippen LogP contribution is 2.35. The molecule has 0 unspecified atom stereocenters. The van der Waals surface area contributed by atoms with Gasteiger partial charge in [-0.1, -0.05) is 57.0 Å². The minimum atomic E-state index is 0.662. The van der Waals surface area contributed by atoms with Crippen LogP contribution in [0.1, 0.15) is 44.4 Å². The van der Waals surface area contributed by atoms with E-state index < -0.39 is 0 Å². The van der Waals surface area contributed by atoms with Crippen molar-refractivity contribution in [3.63, 3.8) is 0 Å². The third-order valence-corrected chi connectivity index (χ3v) is 5.43. The van der Waals surface area contributed by atoms with E-state index in [0.717, 1.165) is 28.7 Å². The van der Waals surface area contributed by atoms with E-state index in [1.54, 1.807) is 0 Å². The lowest BCUT2D eigenvalue weighted by molar-refractivity contribution is 0.220. The zero-order valence-electron chi connectivity index (χ0n) is 14.4. The zero-order chi connectivity index (χ0) is 16.9. The molecule has 0 bridgehead atoms. The second-order valence-electron chi connectivity index (χ2n) is 6.92. The van der Waals surface area contributed by atoms with Crippen molar-refractivity contribution in [1.29, 1.82) is 5.26 Å². The Morgan fingerprint density at radius 3 is 2.71 bits per heavy atom. The molecular weight excluding hydrogens is 292 g/mol.